The van der Waals surface area contributed by atoms with E-state index in [0.717, 1.165) is 9.78 Å². The quantitative estimate of drug-likeness (QED) is 0.869. The van der Waals surface area contributed by atoms with Crippen LogP contribution in [-0.2, 0) is 10.0 Å². The zero-order valence-corrected chi connectivity index (χ0v) is 12.8. The molecule has 0 saturated heterocycles. The van der Waals surface area contributed by atoms with Gasteiger partial charge in [0.15, 0.2) is 0 Å². The van der Waals surface area contributed by atoms with Gasteiger partial charge in [0.2, 0.25) is 0 Å². The zero-order chi connectivity index (χ0) is 14.0. The lowest BCUT2D eigenvalue weighted by molar-refractivity contribution is 0.579. The number of halogens is 1. The van der Waals surface area contributed by atoms with Crippen LogP contribution in [0.1, 0.15) is 17.9 Å². The predicted octanol–water partition coefficient (Wildman–Crippen LogP) is 3.20. The Morgan fingerprint density at radius 1 is 1.26 bits per heavy atom. The number of benzene rings is 1. The Kier molecular flexibility index (Phi) is 4.23. The Bertz CT molecular complexity index is 665. The topological polar surface area (TPSA) is 52.0 Å². The third-order valence-electron chi connectivity index (χ3n) is 2.71. The number of nitrogens with zero attached hydrogens (tertiary/aromatic N) is 2. The molecule has 0 aliphatic heterocycles. The van der Waals surface area contributed by atoms with Crippen LogP contribution >= 0.6 is 23.4 Å². The van der Waals surface area contributed by atoms with Crippen LogP contribution in [0.3, 0.4) is 0 Å². The van der Waals surface area contributed by atoms with Crippen LogP contribution in [-0.4, -0.2) is 23.9 Å². The second-order valence-electron chi connectivity index (χ2n) is 3.95. The minimum absolute atomic E-state index is 0.154. The molecule has 0 aliphatic carbocycles. The van der Waals surface area contributed by atoms with Crippen LogP contribution < -0.4 is 0 Å². The van der Waals surface area contributed by atoms with Crippen molar-refractivity contribution in [3.63, 3.8) is 0 Å². The van der Waals surface area contributed by atoms with E-state index in [9.17, 15) is 8.42 Å². The lowest BCUT2D eigenvalue weighted by Gasteiger charge is -2.05. The minimum atomic E-state index is -3.64. The van der Waals surface area contributed by atoms with E-state index in [1.807, 2.05) is 13.2 Å². The van der Waals surface area contributed by atoms with Crippen LogP contribution in [0.4, 0.5) is 0 Å². The number of hydrogen-bond acceptors (Lipinski definition) is 4. The van der Waals surface area contributed by atoms with E-state index in [1.54, 1.807) is 30.0 Å². The Morgan fingerprint density at radius 2 is 1.89 bits per heavy atom. The monoisotopic (exact) mass is 316 g/mol. The first-order valence-corrected chi connectivity index (χ1v) is 8.65. The molecule has 1 aromatic carbocycles. The average molecular weight is 317 g/mol. The van der Waals surface area contributed by atoms with Crippen LogP contribution in [0, 0.1) is 0 Å². The van der Waals surface area contributed by atoms with Gasteiger partial charge in [0.05, 0.1) is 10.6 Å². The summed E-state index contributed by atoms with van der Waals surface area (Å²) in [5.74, 6) is 0. The van der Waals surface area contributed by atoms with Crippen molar-refractivity contribution < 1.29 is 8.42 Å². The average Bonchev–Trinajstić information content (AvgIpc) is 2.88. The SMILES string of the molecule is CS[C@@H](C)c1ccn(S(=O)(=O)c2ccc(Cl)cc2)n1. The van der Waals surface area contributed by atoms with Crippen molar-refractivity contribution in [3.8, 4) is 0 Å². The summed E-state index contributed by atoms with van der Waals surface area (Å²) in [5, 5.41) is 4.78. The van der Waals surface area contributed by atoms with E-state index < -0.39 is 10.0 Å². The van der Waals surface area contributed by atoms with Gasteiger partial charge in [-0.25, -0.2) is 0 Å². The molecule has 2 rings (SSSR count). The normalized spacial score (nSPS) is 13.4. The molecule has 0 N–H and O–H groups in total. The lowest BCUT2D eigenvalue weighted by Crippen LogP contribution is -2.14. The fraction of sp³-hybridized carbons (Fsp3) is 0.250. The molecule has 0 fully saturated rings. The molecular formula is C12H13ClN2O2S2. The Morgan fingerprint density at radius 3 is 2.47 bits per heavy atom. The summed E-state index contributed by atoms with van der Waals surface area (Å²) in [6.45, 7) is 1.98. The number of aromatic nitrogens is 2. The van der Waals surface area contributed by atoms with Gasteiger partial charge in [-0.1, -0.05) is 11.6 Å². The zero-order valence-electron chi connectivity index (χ0n) is 10.4. The first-order chi connectivity index (χ1) is 8.95. The van der Waals surface area contributed by atoms with Gasteiger partial charge in [-0.2, -0.15) is 29.4 Å². The fourth-order valence-corrected chi connectivity index (χ4v) is 3.12. The second-order valence-corrected chi connectivity index (χ2v) is 7.36. The predicted molar refractivity (Wildman–Crippen MR) is 78.2 cm³/mol. The van der Waals surface area contributed by atoms with E-state index in [4.69, 9.17) is 11.6 Å². The van der Waals surface area contributed by atoms with Crippen molar-refractivity contribution in [3.05, 3.63) is 47.2 Å². The first kappa shape index (κ1) is 14.4. The summed E-state index contributed by atoms with van der Waals surface area (Å²) in [5.41, 5.74) is 0.741. The van der Waals surface area contributed by atoms with Crippen molar-refractivity contribution >= 4 is 33.4 Å². The maximum atomic E-state index is 12.3. The van der Waals surface area contributed by atoms with Gasteiger partial charge >= 0.3 is 0 Å². The molecule has 4 nitrogen and oxygen atoms in total. The third-order valence-corrected chi connectivity index (χ3v) is 5.48. The Hall–Kier alpha value is -0.980. The van der Waals surface area contributed by atoms with Crippen molar-refractivity contribution in [2.24, 2.45) is 0 Å². The fourth-order valence-electron chi connectivity index (χ4n) is 1.51. The molecule has 0 spiro atoms. The van der Waals surface area contributed by atoms with Crippen molar-refractivity contribution in [2.45, 2.75) is 17.1 Å². The van der Waals surface area contributed by atoms with E-state index in [-0.39, 0.29) is 10.1 Å². The maximum Gasteiger partial charge on any atom is 0.282 e. The molecule has 0 radical (unpaired) electrons. The standard InChI is InChI=1S/C12H13ClN2O2S2/c1-9(18-2)12-7-8-15(14-12)19(16,17)11-5-3-10(13)4-6-11/h3-9H,1-2H3/t9-/m0/s1. The van der Waals surface area contributed by atoms with E-state index >= 15 is 0 Å². The van der Waals surface area contributed by atoms with Gasteiger partial charge in [-0.3, -0.25) is 0 Å². The van der Waals surface area contributed by atoms with Crippen molar-refractivity contribution in [1.29, 1.82) is 0 Å². The van der Waals surface area contributed by atoms with Crippen molar-refractivity contribution in [1.82, 2.24) is 9.19 Å². The highest BCUT2D eigenvalue weighted by Crippen LogP contribution is 2.24. The van der Waals surface area contributed by atoms with Crippen LogP contribution in [0.2, 0.25) is 5.02 Å². The van der Waals surface area contributed by atoms with Gasteiger partial charge in [0, 0.05) is 16.5 Å². The molecule has 0 aliphatic rings. The molecule has 1 aromatic heterocycles. The smallest absolute Gasteiger partial charge is 0.199 e. The highest BCUT2D eigenvalue weighted by molar-refractivity contribution is 7.98. The van der Waals surface area contributed by atoms with Gasteiger partial charge in [0.1, 0.15) is 0 Å². The molecule has 0 saturated carbocycles. The molecule has 2 aromatic rings. The number of hydrogen-bond donors (Lipinski definition) is 0. The van der Waals surface area contributed by atoms with Crippen LogP contribution in [0.15, 0.2) is 41.4 Å². The second kappa shape index (κ2) is 5.56. The maximum absolute atomic E-state index is 12.3. The minimum Gasteiger partial charge on any atom is -0.199 e. The largest absolute Gasteiger partial charge is 0.282 e. The van der Waals surface area contributed by atoms with E-state index in [1.165, 1.54) is 18.3 Å². The lowest BCUT2D eigenvalue weighted by atomic mass is 10.3. The molecule has 1 heterocycles. The van der Waals surface area contributed by atoms with Gasteiger partial charge in [-0.05, 0) is 43.5 Å². The number of thioether (sulfide) groups is 1. The Balaban J connectivity index is 2.39. The molecule has 0 bridgehead atoms. The summed E-state index contributed by atoms with van der Waals surface area (Å²) in [7, 11) is -3.64. The molecular weight excluding hydrogens is 304 g/mol. The summed E-state index contributed by atoms with van der Waals surface area (Å²) in [6.07, 6.45) is 3.42. The number of rotatable bonds is 4. The molecule has 19 heavy (non-hydrogen) atoms. The van der Waals surface area contributed by atoms with Crippen molar-refractivity contribution in [2.75, 3.05) is 6.26 Å². The summed E-state index contributed by atoms with van der Waals surface area (Å²) < 4.78 is 25.6. The Labute approximate surface area is 121 Å². The highest BCUT2D eigenvalue weighted by atomic mass is 35.5. The molecule has 0 amide bonds. The molecule has 7 heteroatoms. The summed E-state index contributed by atoms with van der Waals surface area (Å²) >= 11 is 7.36. The molecule has 102 valence electrons. The van der Waals surface area contributed by atoms with Gasteiger partial charge in [0.25, 0.3) is 10.0 Å². The summed E-state index contributed by atoms with van der Waals surface area (Å²) in [6, 6.07) is 7.75. The highest BCUT2D eigenvalue weighted by Gasteiger charge is 2.19. The van der Waals surface area contributed by atoms with Gasteiger partial charge < -0.3 is 0 Å². The summed E-state index contributed by atoms with van der Waals surface area (Å²) in [4.78, 5) is 0.170. The van der Waals surface area contributed by atoms with Gasteiger partial charge in [-0.15, -0.1) is 0 Å². The third kappa shape index (κ3) is 2.96. The van der Waals surface area contributed by atoms with E-state index in [2.05, 4.69) is 5.10 Å². The molecule has 1 atom stereocenters. The first-order valence-electron chi connectivity index (χ1n) is 5.54. The van der Waals surface area contributed by atoms with Crippen LogP contribution in [0.5, 0.6) is 0 Å². The molecule has 0 unspecified atom stereocenters. The van der Waals surface area contributed by atoms with E-state index in [0.29, 0.717) is 5.02 Å². The van der Waals surface area contributed by atoms with Crippen LogP contribution in [0.25, 0.3) is 0 Å².